The van der Waals surface area contributed by atoms with Gasteiger partial charge in [-0.1, -0.05) is 6.92 Å². The van der Waals surface area contributed by atoms with Crippen molar-refractivity contribution in [3.05, 3.63) is 0 Å². The van der Waals surface area contributed by atoms with E-state index < -0.39 is 38.3 Å². The number of carbonyl (C=O) groups is 2. The van der Waals surface area contributed by atoms with E-state index in [-0.39, 0.29) is 0 Å². The lowest BCUT2D eigenvalue weighted by Gasteiger charge is -2.24. The largest absolute Gasteiger partial charge is 0.480 e. The van der Waals surface area contributed by atoms with E-state index >= 15 is 0 Å². The Morgan fingerprint density at radius 1 is 1.35 bits per heavy atom. The molecule has 7 heteroatoms. The molecule has 0 bridgehead atoms. The van der Waals surface area contributed by atoms with E-state index in [2.05, 4.69) is 5.32 Å². The molecule has 0 saturated carbocycles. The van der Waals surface area contributed by atoms with Gasteiger partial charge in [-0.05, 0) is 27.2 Å². The van der Waals surface area contributed by atoms with Gasteiger partial charge in [0.1, 0.15) is 5.75 Å². The van der Waals surface area contributed by atoms with Crippen LogP contribution in [0.4, 0.5) is 0 Å². The van der Waals surface area contributed by atoms with Gasteiger partial charge in [-0.15, -0.1) is 0 Å². The number of nitrogens with one attached hydrogen (secondary N) is 1. The molecule has 1 amide bonds. The predicted molar refractivity (Wildman–Crippen MR) is 63.4 cm³/mol. The zero-order valence-electron chi connectivity index (χ0n) is 10.5. The molecule has 0 fully saturated rings. The van der Waals surface area contributed by atoms with Crippen molar-refractivity contribution >= 4 is 21.7 Å². The first-order valence-corrected chi connectivity index (χ1v) is 6.99. The number of aliphatic carboxylic acids is 1. The fourth-order valence-electron chi connectivity index (χ4n) is 0.963. The van der Waals surface area contributed by atoms with E-state index in [0.717, 1.165) is 6.92 Å². The number of hydrogen-bond acceptors (Lipinski definition) is 4. The summed E-state index contributed by atoms with van der Waals surface area (Å²) >= 11 is 0. The summed E-state index contributed by atoms with van der Waals surface area (Å²) in [7, 11) is -3.95. The molecule has 0 saturated heterocycles. The van der Waals surface area contributed by atoms with Gasteiger partial charge in [0.2, 0.25) is 5.91 Å². The number of amides is 1. The molecule has 2 N–H and O–H groups in total. The summed E-state index contributed by atoms with van der Waals surface area (Å²) in [4.78, 5) is 22.0. The van der Waals surface area contributed by atoms with Crippen LogP contribution in [0.3, 0.4) is 0 Å². The van der Waals surface area contributed by atoms with Crippen molar-refractivity contribution < 1.29 is 23.1 Å². The molecule has 0 aliphatic rings. The first-order chi connectivity index (χ1) is 7.52. The molecule has 100 valence electrons. The van der Waals surface area contributed by atoms with E-state index in [4.69, 9.17) is 5.11 Å². The maximum atomic E-state index is 11.5. The van der Waals surface area contributed by atoms with Crippen molar-refractivity contribution in [3.8, 4) is 0 Å². The van der Waals surface area contributed by atoms with Gasteiger partial charge in [0, 0.05) is 5.54 Å². The van der Waals surface area contributed by atoms with Crippen LogP contribution in [0, 0.1) is 0 Å². The first kappa shape index (κ1) is 15.9. The zero-order valence-corrected chi connectivity index (χ0v) is 11.3. The molecule has 0 aliphatic heterocycles. The fourth-order valence-corrected chi connectivity index (χ4v) is 1.96. The molecular formula is C10H19NO5S. The van der Waals surface area contributed by atoms with Gasteiger partial charge in [0.25, 0.3) is 0 Å². The Balaban J connectivity index is 4.65. The minimum Gasteiger partial charge on any atom is -0.480 e. The highest BCUT2D eigenvalue weighted by Gasteiger charge is 2.31. The standard InChI is InChI=1S/C10H19NO5S/c1-5-10(3,4)11-8(12)6-17(15,16)7(2)9(13)14/h7H,5-6H2,1-4H3,(H,11,12)(H,13,14). The summed E-state index contributed by atoms with van der Waals surface area (Å²) in [6.45, 7) is 6.43. The normalized spacial score (nSPS) is 14.1. The average molecular weight is 265 g/mol. The topological polar surface area (TPSA) is 101 Å². The SMILES string of the molecule is CCC(C)(C)NC(=O)CS(=O)(=O)C(C)C(=O)O. The maximum Gasteiger partial charge on any atom is 0.321 e. The second kappa shape index (κ2) is 5.48. The molecule has 0 rings (SSSR count). The van der Waals surface area contributed by atoms with Crippen molar-refractivity contribution in [1.29, 1.82) is 0 Å². The van der Waals surface area contributed by atoms with Crippen LogP contribution in [0.2, 0.25) is 0 Å². The van der Waals surface area contributed by atoms with E-state index in [9.17, 15) is 18.0 Å². The van der Waals surface area contributed by atoms with Gasteiger partial charge < -0.3 is 10.4 Å². The lowest BCUT2D eigenvalue weighted by Crippen LogP contribution is -2.46. The van der Waals surface area contributed by atoms with Gasteiger partial charge in [0.15, 0.2) is 15.1 Å². The molecule has 0 radical (unpaired) electrons. The summed E-state index contributed by atoms with van der Waals surface area (Å²) in [5, 5.41) is 9.57. The average Bonchev–Trinajstić information content (AvgIpc) is 2.14. The minimum absolute atomic E-state index is 0.501. The van der Waals surface area contributed by atoms with E-state index in [0.29, 0.717) is 6.42 Å². The summed E-state index contributed by atoms with van der Waals surface area (Å²) in [6, 6.07) is 0. The zero-order chi connectivity index (χ0) is 13.9. The monoisotopic (exact) mass is 265 g/mol. The molecule has 1 unspecified atom stereocenters. The Morgan fingerprint density at radius 3 is 2.18 bits per heavy atom. The van der Waals surface area contributed by atoms with Crippen LogP contribution >= 0.6 is 0 Å². The summed E-state index contributed by atoms with van der Waals surface area (Å²) in [6.07, 6.45) is 0.646. The Morgan fingerprint density at radius 2 is 1.82 bits per heavy atom. The third kappa shape index (κ3) is 5.16. The summed E-state index contributed by atoms with van der Waals surface area (Å²) in [5.41, 5.74) is -0.501. The fraction of sp³-hybridized carbons (Fsp3) is 0.800. The Bertz CT molecular complexity index is 399. The van der Waals surface area contributed by atoms with Crippen LogP contribution in [-0.4, -0.2) is 41.9 Å². The van der Waals surface area contributed by atoms with Crippen LogP contribution in [-0.2, 0) is 19.4 Å². The second-order valence-corrected chi connectivity index (χ2v) is 6.89. The number of sulfone groups is 1. The van der Waals surface area contributed by atoms with Crippen LogP contribution < -0.4 is 5.32 Å². The first-order valence-electron chi connectivity index (χ1n) is 5.27. The van der Waals surface area contributed by atoms with Gasteiger partial charge in [-0.3, -0.25) is 9.59 Å². The number of carbonyl (C=O) groups excluding carboxylic acids is 1. The molecular weight excluding hydrogens is 246 g/mol. The van der Waals surface area contributed by atoms with Crippen molar-refractivity contribution in [2.75, 3.05) is 5.75 Å². The molecule has 0 aromatic heterocycles. The number of carboxylic acid groups (broad SMARTS) is 1. The highest BCUT2D eigenvalue weighted by atomic mass is 32.2. The van der Waals surface area contributed by atoms with E-state index in [1.807, 2.05) is 6.92 Å². The second-order valence-electron chi connectivity index (χ2n) is 4.57. The highest BCUT2D eigenvalue weighted by Crippen LogP contribution is 2.08. The Hall–Kier alpha value is -1.11. The molecule has 0 aromatic carbocycles. The van der Waals surface area contributed by atoms with Crippen LogP contribution in [0.15, 0.2) is 0 Å². The van der Waals surface area contributed by atoms with Gasteiger partial charge in [-0.25, -0.2) is 8.42 Å². The smallest absolute Gasteiger partial charge is 0.321 e. The number of rotatable bonds is 6. The predicted octanol–water partition coefficient (Wildman–Crippen LogP) is 0.179. The molecule has 0 aliphatic carbocycles. The Labute approximate surface area is 101 Å². The van der Waals surface area contributed by atoms with E-state index in [1.165, 1.54) is 0 Å². The van der Waals surface area contributed by atoms with Crippen LogP contribution in [0.1, 0.15) is 34.1 Å². The third-order valence-electron chi connectivity index (χ3n) is 2.58. The van der Waals surface area contributed by atoms with Crippen LogP contribution in [0.5, 0.6) is 0 Å². The van der Waals surface area contributed by atoms with Crippen molar-refractivity contribution in [2.24, 2.45) is 0 Å². The minimum atomic E-state index is -3.95. The highest BCUT2D eigenvalue weighted by molar-refractivity contribution is 7.93. The van der Waals surface area contributed by atoms with Gasteiger partial charge >= 0.3 is 5.97 Å². The van der Waals surface area contributed by atoms with Gasteiger partial charge in [0.05, 0.1) is 0 Å². The van der Waals surface area contributed by atoms with Crippen molar-refractivity contribution in [3.63, 3.8) is 0 Å². The third-order valence-corrected chi connectivity index (χ3v) is 4.52. The Kier molecular flexibility index (Phi) is 5.12. The molecule has 0 aromatic rings. The molecule has 17 heavy (non-hydrogen) atoms. The number of hydrogen-bond donors (Lipinski definition) is 2. The lowest BCUT2D eigenvalue weighted by atomic mass is 10.0. The van der Waals surface area contributed by atoms with Gasteiger partial charge in [-0.2, -0.15) is 0 Å². The van der Waals surface area contributed by atoms with E-state index in [1.54, 1.807) is 13.8 Å². The van der Waals surface area contributed by atoms with Crippen LogP contribution in [0.25, 0.3) is 0 Å². The summed E-state index contributed by atoms with van der Waals surface area (Å²) in [5.74, 6) is -2.93. The molecule has 1 atom stereocenters. The molecule has 0 spiro atoms. The summed E-state index contributed by atoms with van der Waals surface area (Å²) < 4.78 is 23.0. The lowest BCUT2D eigenvalue weighted by molar-refractivity contribution is -0.136. The van der Waals surface area contributed by atoms with Crippen molar-refractivity contribution in [2.45, 2.75) is 44.9 Å². The number of carboxylic acids is 1. The molecule has 0 heterocycles. The quantitative estimate of drug-likeness (QED) is 0.713. The molecule has 6 nitrogen and oxygen atoms in total. The maximum absolute atomic E-state index is 11.5. The van der Waals surface area contributed by atoms with Crippen molar-refractivity contribution in [1.82, 2.24) is 5.32 Å².